The van der Waals surface area contributed by atoms with Gasteiger partial charge in [0.2, 0.25) is 0 Å². The summed E-state index contributed by atoms with van der Waals surface area (Å²) in [5, 5.41) is 0. The van der Waals surface area contributed by atoms with E-state index in [9.17, 15) is 14.4 Å². The quantitative estimate of drug-likeness (QED) is 0.0261. The second-order valence-electron chi connectivity index (χ2n) is 23.8. The van der Waals surface area contributed by atoms with Crippen LogP contribution in [0.5, 0.6) is 0 Å². The van der Waals surface area contributed by atoms with E-state index in [1.54, 1.807) is 0 Å². The standard InChI is InChI=1S/C77H134O6/c1-4-7-10-13-16-19-22-25-28-31-34-35-36-37-38-39-40-41-44-46-49-52-55-58-61-64-67-70-76(79)82-73-74(83-77(80)71-68-65-62-59-56-53-50-47-43-33-30-27-24-21-18-15-12-9-6-3)72-81-75(78)69-66-63-60-57-54-51-48-45-42-32-29-26-23-20-17-14-11-8-5-2/h7,10,16,18-19,21,25,27-28,30,34-35,37-38,40-41,74H,4-6,8-9,11-15,17,20,22-24,26,29,31-33,36,39,42-73H2,1-3H3/b10-7-,19-16-,21-18-,28-25-,30-27-,35-34-,38-37-,41-40-. The molecule has 0 aromatic rings. The predicted molar refractivity (Wildman–Crippen MR) is 362 cm³/mol. The van der Waals surface area contributed by atoms with E-state index < -0.39 is 6.10 Å². The van der Waals surface area contributed by atoms with Gasteiger partial charge in [0.05, 0.1) is 0 Å². The Hall–Kier alpha value is -3.67. The number of carbonyl (C=O) groups excluding carboxylic acids is 3. The second kappa shape index (κ2) is 70.8. The van der Waals surface area contributed by atoms with Crippen molar-refractivity contribution in [3.05, 3.63) is 97.2 Å². The Morgan fingerprint density at radius 3 is 0.759 bits per heavy atom. The van der Waals surface area contributed by atoms with Crippen molar-refractivity contribution in [2.24, 2.45) is 0 Å². The van der Waals surface area contributed by atoms with Crippen molar-refractivity contribution in [3.63, 3.8) is 0 Å². The largest absolute Gasteiger partial charge is 0.462 e. The molecule has 0 bridgehead atoms. The topological polar surface area (TPSA) is 78.9 Å². The van der Waals surface area contributed by atoms with Gasteiger partial charge in [-0.15, -0.1) is 0 Å². The van der Waals surface area contributed by atoms with E-state index in [1.807, 2.05) is 0 Å². The lowest BCUT2D eigenvalue weighted by molar-refractivity contribution is -0.167. The van der Waals surface area contributed by atoms with Gasteiger partial charge in [-0.1, -0.05) is 330 Å². The normalized spacial score (nSPS) is 12.7. The highest BCUT2D eigenvalue weighted by molar-refractivity contribution is 5.71. The molecule has 0 heterocycles. The highest BCUT2D eigenvalue weighted by atomic mass is 16.6. The zero-order valence-electron chi connectivity index (χ0n) is 54.9. The molecule has 6 nitrogen and oxygen atoms in total. The first-order valence-electron chi connectivity index (χ1n) is 35.7. The summed E-state index contributed by atoms with van der Waals surface area (Å²) in [6.45, 7) is 6.55. The summed E-state index contributed by atoms with van der Waals surface area (Å²) in [5.74, 6) is -0.872. The van der Waals surface area contributed by atoms with Crippen LogP contribution >= 0.6 is 0 Å². The Labute approximate surface area is 515 Å². The Morgan fingerprint density at radius 2 is 0.470 bits per heavy atom. The number of ether oxygens (including phenoxy) is 3. The Morgan fingerprint density at radius 1 is 0.253 bits per heavy atom. The lowest BCUT2D eigenvalue weighted by atomic mass is 10.0. The Balaban J connectivity index is 4.37. The zero-order chi connectivity index (χ0) is 59.9. The van der Waals surface area contributed by atoms with Gasteiger partial charge in [0.25, 0.3) is 0 Å². The molecule has 0 rings (SSSR count). The molecule has 0 radical (unpaired) electrons. The van der Waals surface area contributed by atoms with Gasteiger partial charge >= 0.3 is 17.9 Å². The van der Waals surface area contributed by atoms with Gasteiger partial charge in [0, 0.05) is 19.3 Å². The Bertz CT molecular complexity index is 1610. The zero-order valence-corrected chi connectivity index (χ0v) is 54.9. The first-order valence-corrected chi connectivity index (χ1v) is 35.7. The third kappa shape index (κ3) is 69.0. The van der Waals surface area contributed by atoms with Crippen LogP contribution in [-0.4, -0.2) is 37.2 Å². The average Bonchev–Trinajstić information content (AvgIpc) is 3.50. The molecule has 6 heteroatoms. The summed E-state index contributed by atoms with van der Waals surface area (Å²) in [6, 6.07) is 0. The minimum Gasteiger partial charge on any atom is -0.462 e. The van der Waals surface area contributed by atoms with E-state index in [-0.39, 0.29) is 31.1 Å². The van der Waals surface area contributed by atoms with E-state index >= 15 is 0 Å². The molecule has 478 valence electrons. The molecule has 0 aromatic heterocycles. The van der Waals surface area contributed by atoms with Gasteiger partial charge in [-0.2, -0.15) is 0 Å². The van der Waals surface area contributed by atoms with Gasteiger partial charge in [-0.25, -0.2) is 0 Å². The van der Waals surface area contributed by atoms with Gasteiger partial charge in [-0.3, -0.25) is 14.4 Å². The van der Waals surface area contributed by atoms with Crippen LogP contribution in [0.3, 0.4) is 0 Å². The number of rotatable bonds is 65. The third-order valence-corrected chi connectivity index (χ3v) is 15.6. The number of unbranched alkanes of at least 4 members (excludes halogenated alkanes) is 38. The lowest BCUT2D eigenvalue weighted by Gasteiger charge is -2.18. The maximum atomic E-state index is 13.0. The molecule has 0 aliphatic heterocycles. The highest BCUT2D eigenvalue weighted by Crippen LogP contribution is 2.18. The van der Waals surface area contributed by atoms with Crippen LogP contribution in [0.1, 0.15) is 355 Å². The molecule has 0 saturated carbocycles. The number of esters is 3. The molecule has 0 aromatic carbocycles. The van der Waals surface area contributed by atoms with E-state index in [0.717, 1.165) is 109 Å². The number of hydrogen-bond acceptors (Lipinski definition) is 6. The lowest BCUT2D eigenvalue weighted by Crippen LogP contribution is -2.30. The molecule has 0 aliphatic carbocycles. The monoisotopic (exact) mass is 1160 g/mol. The van der Waals surface area contributed by atoms with E-state index in [4.69, 9.17) is 14.2 Å². The highest BCUT2D eigenvalue weighted by Gasteiger charge is 2.19. The molecule has 1 unspecified atom stereocenters. The fourth-order valence-electron chi connectivity index (χ4n) is 10.2. The first-order chi connectivity index (χ1) is 41.0. The van der Waals surface area contributed by atoms with Crippen LogP contribution < -0.4 is 0 Å². The first kappa shape index (κ1) is 79.3. The minimum absolute atomic E-state index is 0.0782. The van der Waals surface area contributed by atoms with Crippen molar-refractivity contribution in [1.29, 1.82) is 0 Å². The minimum atomic E-state index is -0.785. The van der Waals surface area contributed by atoms with Crippen molar-refractivity contribution in [2.45, 2.75) is 361 Å². The van der Waals surface area contributed by atoms with Gasteiger partial charge < -0.3 is 14.2 Å². The van der Waals surface area contributed by atoms with Crippen molar-refractivity contribution >= 4 is 17.9 Å². The summed E-state index contributed by atoms with van der Waals surface area (Å²) in [4.78, 5) is 38.5. The van der Waals surface area contributed by atoms with Crippen LogP contribution in [0.25, 0.3) is 0 Å². The summed E-state index contributed by atoms with van der Waals surface area (Å²) >= 11 is 0. The van der Waals surface area contributed by atoms with Crippen molar-refractivity contribution in [1.82, 2.24) is 0 Å². The van der Waals surface area contributed by atoms with Gasteiger partial charge in [0.15, 0.2) is 6.10 Å². The fourth-order valence-corrected chi connectivity index (χ4v) is 10.2. The molecular formula is C77H134O6. The summed E-state index contributed by atoms with van der Waals surface area (Å²) in [6.07, 6.45) is 95.6. The molecular weight excluding hydrogens is 1020 g/mol. The molecule has 0 N–H and O–H groups in total. The van der Waals surface area contributed by atoms with E-state index in [2.05, 4.69) is 118 Å². The summed E-state index contributed by atoms with van der Waals surface area (Å²) in [7, 11) is 0. The Kier molecular flexibility index (Phi) is 67.7. The maximum absolute atomic E-state index is 13.0. The molecule has 0 amide bonds. The predicted octanol–water partition coefficient (Wildman–Crippen LogP) is 24.8. The average molecular weight is 1160 g/mol. The van der Waals surface area contributed by atoms with Gasteiger partial charge in [-0.05, 0) is 103 Å². The van der Waals surface area contributed by atoms with Crippen molar-refractivity contribution < 1.29 is 28.6 Å². The van der Waals surface area contributed by atoms with Crippen molar-refractivity contribution in [3.8, 4) is 0 Å². The second-order valence-corrected chi connectivity index (χ2v) is 23.8. The molecule has 0 spiro atoms. The number of allylic oxidation sites excluding steroid dienone is 16. The number of carbonyl (C=O) groups is 3. The van der Waals surface area contributed by atoms with Crippen LogP contribution in [0.2, 0.25) is 0 Å². The van der Waals surface area contributed by atoms with E-state index in [0.29, 0.717) is 19.3 Å². The van der Waals surface area contributed by atoms with E-state index in [1.165, 1.54) is 205 Å². The molecule has 1 atom stereocenters. The summed E-state index contributed by atoms with van der Waals surface area (Å²) < 4.78 is 17.0. The van der Waals surface area contributed by atoms with Crippen LogP contribution in [0, 0.1) is 0 Å². The van der Waals surface area contributed by atoms with Crippen LogP contribution in [0.15, 0.2) is 97.2 Å². The van der Waals surface area contributed by atoms with Crippen molar-refractivity contribution in [2.75, 3.05) is 13.2 Å². The van der Waals surface area contributed by atoms with Crippen LogP contribution in [0.4, 0.5) is 0 Å². The maximum Gasteiger partial charge on any atom is 0.306 e. The molecule has 0 saturated heterocycles. The summed E-state index contributed by atoms with van der Waals surface area (Å²) in [5.41, 5.74) is 0. The third-order valence-electron chi connectivity index (χ3n) is 15.6. The van der Waals surface area contributed by atoms with Gasteiger partial charge in [0.1, 0.15) is 13.2 Å². The molecule has 83 heavy (non-hydrogen) atoms. The van der Waals surface area contributed by atoms with Crippen LogP contribution in [-0.2, 0) is 28.6 Å². The smallest absolute Gasteiger partial charge is 0.306 e. The molecule has 0 aliphatic rings. The SMILES string of the molecule is CC/C=C\C/C=C\C/C=C\C/C=C\C/C=C\C/C=C\CCCCCCCCCCC(=O)OCC(COC(=O)CCCCCCCCCCCCCCCCCCCCC)OC(=O)CCCCCCCCCCC/C=C\C/C=C\CCCCC. The molecule has 0 fully saturated rings. The number of hydrogen-bond donors (Lipinski definition) is 0. The fraction of sp³-hybridized carbons (Fsp3) is 0.753.